The van der Waals surface area contributed by atoms with Gasteiger partial charge in [-0.05, 0) is 11.6 Å². The van der Waals surface area contributed by atoms with Crippen LogP contribution in [0.5, 0.6) is 11.8 Å². The molecular weight excluding hydrogens is 246 g/mol. The van der Waals surface area contributed by atoms with Gasteiger partial charge in [0.1, 0.15) is 0 Å². The zero-order chi connectivity index (χ0) is 13.7. The number of hydrogen-bond donors (Lipinski definition) is 0. The van der Waals surface area contributed by atoms with Crippen molar-refractivity contribution < 1.29 is 9.47 Å². The normalized spacial score (nSPS) is 9.58. The third-order valence-corrected chi connectivity index (χ3v) is 2.36. The molecule has 1 heterocycles. The van der Waals surface area contributed by atoms with Crippen molar-refractivity contribution in [2.45, 2.75) is 0 Å². The molecule has 0 radical (unpaired) electrons. The van der Waals surface area contributed by atoms with E-state index in [9.17, 15) is 0 Å². The van der Waals surface area contributed by atoms with Crippen LogP contribution < -0.4 is 9.47 Å². The fourth-order valence-electron chi connectivity index (χ4n) is 1.50. The fourth-order valence-corrected chi connectivity index (χ4v) is 1.50. The minimum Gasteiger partial charge on any atom is -0.481 e. The molecule has 7 nitrogen and oxygen atoms in total. The van der Waals surface area contributed by atoms with Crippen LogP contribution in [0.4, 0.5) is 5.69 Å². The summed E-state index contributed by atoms with van der Waals surface area (Å²) in [4.78, 5) is 11.2. The number of ether oxygens (including phenoxy) is 2. The maximum atomic E-state index is 8.43. The average molecular weight is 257 g/mol. The summed E-state index contributed by atoms with van der Waals surface area (Å²) < 4.78 is 10.2. The van der Waals surface area contributed by atoms with Crippen molar-refractivity contribution >= 4 is 5.69 Å². The van der Waals surface area contributed by atoms with E-state index in [1.54, 1.807) is 24.3 Å². The van der Waals surface area contributed by atoms with E-state index < -0.39 is 0 Å². The summed E-state index contributed by atoms with van der Waals surface area (Å²) in [6.45, 7) is 0. The van der Waals surface area contributed by atoms with Gasteiger partial charge in [-0.3, -0.25) is 0 Å². The van der Waals surface area contributed by atoms with Gasteiger partial charge in [-0.25, -0.2) is 0 Å². The first-order chi connectivity index (χ1) is 9.26. The lowest BCUT2D eigenvalue weighted by molar-refractivity contribution is 0.372. The Labute approximate surface area is 109 Å². The van der Waals surface area contributed by atoms with Crippen LogP contribution in [-0.4, -0.2) is 24.2 Å². The van der Waals surface area contributed by atoms with E-state index in [0.29, 0.717) is 28.8 Å². The highest BCUT2D eigenvalue weighted by Gasteiger charge is 2.07. The zero-order valence-electron chi connectivity index (χ0n) is 10.4. The minimum absolute atomic E-state index is 0.399. The number of nitrogens with zero attached hydrogens (tertiary/aromatic N) is 5. The molecule has 0 fully saturated rings. The Balaban J connectivity index is 2.51. The van der Waals surface area contributed by atoms with Crippen LogP contribution >= 0.6 is 0 Å². The second-order valence-corrected chi connectivity index (χ2v) is 3.52. The molecule has 0 N–H and O–H groups in total. The van der Waals surface area contributed by atoms with Crippen LogP contribution in [0.2, 0.25) is 0 Å². The molecule has 0 aliphatic carbocycles. The molecule has 19 heavy (non-hydrogen) atoms. The molecule has 0 atom stereocenters. The van der Waals surface area contributed by atoms with E-state index in [1.165, 1.54) is 14.2 Å². The summed E-state index contributed by atoms with van der Waals surface area (Å²) >= 11 is 0. The molecule has 2 aromatic rings. The average Bonchev–Trinajstić information content (AvgIpc) is 2.47. The summed E-state index contributed by atoms with van der Waals surface area (Å²) in [5.41, 5.74) is 9.63. The first kappa shape index (κ1) is 12.7. The van der Waals surface area contributed by atoms with Gasteiger partial charge >= 0.3 is 0 Å². The van der Waals surface area contributed by atoms with E-state index in [2.05, 4.69) is 20.0 Å². The Morgan fingerprint density at radius 3 is 2.37 bits per heavy atom. The minimum atomic E-state index is 0.399. The number of azide groups is 1. The van der Waals surface area contributed by atoms with E-state index in [1.807, 2.05) is 6.07 Å². The maximum Gasteiger partial charge on any atom is 0.220 e. The molecule has 7 heteroatoms. The first-order valence-electron chi connectivity index (χ1n) is 5.39. The van der Waals surface area contributed by atoms with Crippen LogP contribution in [0, 0.1) is 0 Å². The van der Waals surface area contributed by atoms with Crippen molar-refractivity contribution in [1.29, 1.82) is 0 Å². The molecule has 96 valence electrons. The molecule has 2 rings (SSSR count). The molecule has 0 amide bonds. The first-order valence-corrected chi connectivity index (χ1v) is 5.39. The second-order valence-electron chi connectivity index (χ2n) is 3.52. The van der Waals surface area contributed by atoms with Gasteiger partial charge in [-0.1, -0.05) is 23.3 Å². The quantitative estimate of drug-likeness (QED) is 0.477. The highest BCUT2D eigenvalue weighted by Crippen LogP contribution is 2.25. The van der Waals surface area contributed by atoms with E-state index in [0.717, 1.165) is 0 Å². The maximum absolute atomic E-state index is 8.43. The summed E-state index contributed by atoms with van der Waals surface area (Å²) in [6.07, 6.45) is 0. The summed E-state index contributed by atoms with van der Waals surface area (Å²) in [5.74, 6) is 1.23. The lowest BCUT2D eigenvalue weighted by atomic mass is 10.2. The lowest BCUT2D eigenvalue weighted by Gasteiger charge is -2.06. The monoisotopic (exact) mass is 257 g/mol. The van der Waals surface area contributed by atoms with E-state index in [-0.39, 0.29) is 0 Å². The summed E-state index contributed by atoms with van der Waals surface area (Å²) in [6, 6.07) is 8.54. The number of aromatic nitrogens is 2. The van der Waals surface area contributed by atoms with Crippen LogP contribution in [0.3, 0.4) is 0 Å². The van der Waals surface area contributed by atoms with Crippen molar-refractivity contribution in [3.05, 3.63) is 40.8 Å². The molecule has 0 bridgehead atoms. The number of rotatable bonds is 4. The van der Waals surface area contributed by atoms with E-state index >= 15 is 0 Å². The zero-order valence-corrected chi connectivity index (χ0v) is 10.4. The van der Waals surface area contributed by atoms with Gasteiger partial charge in [0.25, 0.3) is 0 Å². The van der Waals surface area contributed by atoms with Gasteiger partial charge in [0, 0.05) is 16.2 Å². The topological polar surface area (TPSA) is 93.0 Å². The largest absolute Gasteiger partial charge is 0.481 e. The van der Waals surface area contributed by atoms with Crippen molar-refractivity contribution in [3.8, 4) is 23.1 Å². The smallest absolute Gasteiger partial charge is 0.220 e. The van der Waals surface area contributed by atoms with Crippen LogP contribution in [-0.2, 0) is 0 Å². The molecule has 0 saturated carbocycles. The van der Waals surface area contributed by atoms with Crippen LogP contribution in [0.1, 0.15) is 0 Å². The number of benzene rings is 1. The fraction of sp³-hybridized carbons (Fsp3) is 0.167. The Hall–Kier alpha value is -2.79. The SMILES string of the molecule is COc1cc(OC)nc(-c2cccc(N=[N+]=[N-])c2)n1. The Kier molecular flexibility index (Phi) is 3.80. The highest BCUT2D eigenvalue weighted by molar-refractivity contribution is 5.61. The van der Waals surface area contributed by atoms with Gasteiger partial charge in [0.2, 0.25) is 11.8 Å². The van der Waals surface area contributed by atoms with Gasteiger partial charge in [-0.2, -0.15) is 9.97 Å². The van der Waals surface area contributed by atoms with Crippen molar-refractivity contribution in [3.63, 3.8) is 0 Å². The standard InChI is InChI=1S/C12H11N5O2/c1-18-10-7-11(19-2)15-12(14-10)8-4-3-5-9(6-8)16-17-13/h3-7H,1-2H3. The Bertz CT molecular complexity index is 616. The Morgan fingerprint density at radius 1 is 1.11 bits per heavy atom. The van der Waals surface area contributed by atoms with Gasteiger partial charge < -0.3 is 9.47 Å². The Morgan fingerprint density at radius 2 is 1.79 bits per heavy atom. The third-order valence-electron chi connectivity index (χ3n) is 2.36. The van der Waals surface area contributed by atoms with Gasteiger partial charge in [-0.15, -0.1) is 0 Å². The predicted octanol–water partition coefficient (Wildman–Crippen LogP) is 3.10. The van der Waals surface area contributed by atoms with Crippen molar-refractivity contribution in [2.75, 3.05) is 14.2 Å². The van der Waals surface area contributed by atoms with Gasteiger partial charge in [0.05, 0.1) is 20.3 Å². The summed E-state index contributed by atoms with van der Waals surface area (Å²) in [7, 11) is 3.03. The molecular formula is C12H11N5O2. The number of methoxy groups -OCH3 is 2. The molecule has 1 aromatic carbocycles. The van der Waals surface area contributed by atoms with Crippen molar-refractivity contribution in [1.82, 2.24) is 9.97 Å². The molecule has 1 aromatic heterocycles. The molecule has 0 aliphatic rings. The molecule has 0 unspecified atom stereocenters. The molecule has 0 spiro atoms. The predicted molar refractivity (Wildman–Crippen MR) is 69.4 cm³/mol. The number of hydrogen-bond acceptors (Lipinski definition) is 5. The van der Waals surface area contributed by atoms with E-state index in [4.69, 9.17) is 15.0 Å². The molecule has 0 saturated heterocycles. The second kappa shape index (κ2) is 5.70. The lowest BCUT2D eigenvalue weighted by Crippen LogP contribution is -1.96. The highest BCUT2D eigenvalue weighted by atomic mass is 16.5. The van der Waals surface area contributed by atoms with Crippen molar-refractivity contribution in [2.24, 2.45) is 5.11 Å². The van der Waals surface area contributed by atoms with Gasteiger partial charge in [0.15, 0.2) is 5.82 Å². The van der Waals surface area contributed by atoms with Crippen LogP contribution in [0.25, 0.3) is 21.8 Å². The molecule has 0 aliphatic heterocycles. The third kappa shape index (κ3) is 2.91. The summed E-state index contributed by atoms with van der Waals surface area (Å²) in [5, 5.41) is 3.54. The van der Waals surface area contributed by atoms with Crippen LogP contribution in [0.15, 0.2) is 35.4 Å².